The summed E-state index contributed by atoms with van der Waals surface area (Å²) in [6.07, 6.45) is 1.33. The van der Waals surface area contributed by atoms with E-state index in [0.717, 1.165) is 10.8 Å². The Balaban J connectivity index is 1.72. The number of nitrogens with zero attached hydrogens (tertiary/aromatic N) is 3. The molecular formula is C20H25N3O3. The third-order valence-electron chi connectivity index (χ3n) is 4.43. The van der Waals surface area contributed by atoms with Crippen LogP contribution < -0.4 is 0 Å². The van der Waals surface area contributed by atoms with Crippen LogP contribution in [0.25, 0.3) is 10.8 Å². The number of rotatable bonds is 3. The van der Waals surface area contributed by atoms with Crippen LogP contribution in [-0.2, 0) is 4.74 Å². The number of ether oxygens (including phenoxy) is 1. The van der Waals surface area contributed by atoms with Crippen LogP contribution in [0, 0.1) is 0 Å². The summed E-state index contributed by atoms with van der Waals surface area (Å²) < 4.78 is 5.38. The molecule has 138 valence electrons. The lowest BCUT2D eigenvalue weighted by Gasteiger charge is -2.44. The van der Waals surface area contributed by atoms with Crippen molar-refractivity contribution in [2.45, 2.75) is 39.3 Å². The van der Waals surface area contributed by atoms with E-state index in [1.54, 1.807) is 16.0 Å². The van der Waals surface area contributed by atoms with Crippen molar-refractivity contribution in [3.05, 3.63) is 42.2 Å². The summed E-state index contributed by atoms with van der Waals surface area (Å²) in [4.78, 5) is 32.9. The van der Waals surface area contributed by atoms with E-state index in [2.05, 4.69) is 4.98 Å². The van der Waals surface area contributed by atoms with Crippen LogP contribution in [0.4, 0.5) is 4.79 Å². The van der Waals surface area contributed by atoms with Crippen LogP contribution >= 0.6 is 0 Å². The predicted octanol–water partition coefficient (Wildman–Crippen LogP) is 3.32. The number of likely N-dealkylation sites (N-methyl/N-ethyl adjacent to an activating group) is 1. The highest BCUT2D eigenvalue weighted by Crippen LogP contribution is 2.23. The molecule has 2 aromatic rings. The van der Waals surface area contributed by atoms with Gasteiger partial charge in [-0.25, -0.2) is 4.79 Å². The first-order chi connectivity index (χ1) is 12.3. The average Bonchev–Trinajstić information content (AvgIpc) is 2.54. The molecule has 1 aliphatic rings. The highest BCUT2D eigenvalue weighted by atomic mass is 16.6. The number of fused-ring (bicyclic) bond motifs is 1. The normalized spacial score (nSPS) is 14.8. The van der Waals surface area contributed by atoms with Gasteiger partial charge in [-0.05, 0) is 39.1 Å². The topological polar surface area (TPSA) is 62.7 Å². The maximum Gasteiger partial charge on any atom is 0.410 e. The molecule has 6 nitrogen and oxygen atoms in total. The second kappa shape index (κ2) is 6.94. The van der Waals surface area contributed by atoms with Gasteiger partial charge >= 0.3 is 6.09 Å². The lowest BCUT2D eigenvalue weighted by Crippen LogP contribution is -2.62. The SMILES string of the molecule is CCN(C(=O)c1nccc2ccccc12)C1CN(C(=O)OC(C)(C)C)C1. The molecule has 2 heterocycles. The van der Waals surface area contributed by atoms with Gasteiger partial charge in [0.25, 0.3) is 5.91 Å². The van der Waals surface area contributed by atoms with Gasteiger partial charge in [0.2, 0.25) is 0 Å². The van der Waals surface area contributed by atoms with Gasteiger partial charge in [-0.1, -0.05) is 24.3 Å². The molecule has 1 aromatic carbocycles. The quantitative estimate of drug-likeness (QED) is 0.847. The predicted molar refractivity (Wildman–Crippen MR) is 100 cm³/mol. The molecule has 0 bridgehead atoms. The molecule has 6 heteroatoms. The van der Waals surface area contributed by atoms with Crippen molar-refractivity contribution in [3.8, 4) is 0 Å². The van der Waals surface area contributed by atoms with Crippen molar-refractivity contribution in [2.24, 2.45) is 0 Å². The summed E-state index contributed by atoms with van der Waals surface area (Å²) in [6.45, 7) is 9.01. The minimum atomic E-state index is -0.519. The molecule has 0 aliphatic carbocycles. The maximum absolute atomic E-state index is 13.1. The van der Waals surface area contributed by atoms with Gasteiger partial charge in [0, 0.05) is 31.2 Å². The molecule has 1 saturated heterocycles. The van der Waals surface area contributed by atoms with E-state index in [0.29, 0.717) is 25.3 Å². The largest absolute Gasteiger partial charge is 0.444 e. The molecule has 1 aliphatic heterocycles. The fraction of sp³-hybridized carbons (Fsp3) is 0.450. The number of aromatic nitrogens is 1. The standard InChI is InChI=1S/C20H25N3O3/c1-5-23(15-12-22(13-15)19(25)26-20(2,3)4)18(24)17-16-9-7-6-8-14(16)10-11-21-17/h6-11,15H,5,12-13H2,1-4H3. The zero-order valence-electron chi connectivity index (χ0n) is 15.7. The highest BCUT2D eigenvalue weighted by molar-refractivity contribution is 6.05. The fourth-order valence-corrected chi connectivity index (χ4v) is 3.12. The number of amides is 2. The average molecular weight is 355 g/mol. The van der Waals surface area contributed by atoms with E-state index in [1.807, 2.05) is 58.0 Å². The number of hydrogen-bond acceptors (Lipinski definition) is 4. The van der Waals surface area contributed by atoms with Crippen molar-refractivity contribution in [1.29, 1.82) is 0 Å². The van der Waals surface area contributed by atoms with E-state index in [4.69, 9.17) is 4.74 Å². The van der Waals surface area contributed by atoms with Crippen molar-refractivity contribution >= 4 is 22.8 Å². The molecule has 1 fully saturated rings. The van der Waals surface area contributed by atoms with E-state index < -0.39 is 5.60 Å². The molecular weight excluding hydrogens is 330 g/mol. The van der Waals surface area contributed by atoms with E-state index >= 15 is 0 Å². The van der Waals surface area contributed by atoms with E-state index in [-0.39, 0.29) is 18.0 Å². The number of likely N-dealkylation sites (tertiary alicyclic amines) is 1. The molecule has 0 spiro atoms. The Labute approximate surface area is 153 Å². The molecule has 0 N–H and O–H groups in total. The van der Waals surface area contributed by atoms with Gasteiger partial charge in [0.15, 0.2) is 0 Å². The van der Waals surface area contributed by atoms with Crippen molar-refractivity contribution in [1.82, 2.24) is 14.8 Å². The minimum absolute atomic E-state index is 0.0132. The Bertz CT molecular complexity index is 817. The van der Waals surface area contributed by atoms with Crippen molar-refractivity contribution in [3.63, 3.8) is 0 Å². The Morgan fingerprint density at radius 3 is 2.58 bits per heavy atom. The monoisotopic (exact) mass is 355 g/mol. The van der Waals surface area contributed by atoms with Crippen molar-refractivity contribution in [2.75, 3.05) is 19.6 Å². The van der Waals surface area contributed by atoms with Crippen LogP contribution in [0.5, 0.6) is 0 Å². The van der Waals surface area contributed by atoms with Crippen LogP contribution in [-0.4, -0.2) is 58.1 Å². The van der Waals surface area contributed by atoms with Gasteiger partial charge in [-0.2, -0.15) is 0 Å². The van der Waals surface area contributed by atoms with Gasteiger partial charge in [0.05, 0.1) is 6.04 Å². The summed E-state index contributed by atoms with van der Waals surface area (Å²) in [5.74, 6) is -0.0989. The van der Waals surface area contributed by atoms with E-state index in [1.165, 1.54) is 0 Å². The molecule has 2 amide bonds. The molecule has 0 saturated carbocycles. The molecule has 0 radical (unpaired) electrons. The fourth-order valence-electron chi connectivity index (χ4n) is 3.12. The van der Waals surface area contributed by atoms with Crippen LogP contribution in [0.15, 0.2) is 36.5 Å². The molecule has 0 unspecified atom stereocenters. The first-order valence-electron chi connectivity index (χ1n) is 8.93. The molecule has 0 atom stereocenters. The number of hydrogen-bond donors (Lipinski definition) is 0. The first-order valence-corrected chi connectivity index (χ1v) is 8.93. The van der Waals surface area contributed by atoms with E-state index in [9.17, 15) is 9.59 Å². The zero-order valence-corrected chi connectivity index (χ0v) is 15.7. The Morgan fingerprint density at radius 2 is 1.92 bits per heavy atom. The number of carbonyl (C=O) groups excluding carboxylic acids is 2. The minimum Gasteiger partial charge on any atom is -0.444 e. The van der Waals surface area contributed by atoms with Gasteiger partial charge in [-0.15, -0.1) is 0 Å². The second-order valence-corrected chi connectivity index (χ2v) is 7.51. The second-order valence-electron chi connectivity index (χ2n) is 7.51. The van der Waals surface area contributed by atoms with Crippen LogP contribution in [0.1, 0.15) is 38.2 Å². The molecule has 3 rings (SSSR count). The van der Waals surface area contributed by atoms with Gasteiger partial charge < -0.3 is 14.5 Å². The third kappa shape index (κ3) is 3.64. The Hall–Kier alpha value is -2.63. The number of carbonyl (C=O) groups is 2. The smallest absolute Gasteiger partial charge is 0.410 e. The van der Waals surface area contributed by atoms with Gasteiger partial charge in [0.1, 0.15) is 11.3 Å². The summed E-state index contributed by atoms with van der Waals surface area (Å²) in [5.41, 5.74) is -0.0596. The molecule has 1 aromatic heterocycles. The molecule has 26 heavy (non-hydrogen) atoms. The summed E-state index contributed by atoms with van der Waals surface area (Å²) in [5, 5.41) is 1.84. The lowest BCUT2D eigenvalue weighted by molar-refractivity contribution is -0.0121. The van der Waals surface area contributed by atoms with Crippen LogP contribution in [0.2, 0.25) is 0 Å². The highest BCUT2D eigenvalue weighted by Gasteiger charge is 2.39. The summed E-state index contributed by atoms with van der Waals surface area (Å²) in [7, 11) is 0. The lowest BCUT2D eigenvalue weighted by atomic mass is 10.1. The first kappa shape index (κ1) is 18.2. The Morgan fingerprint density at radius 1 is 1.23 bits per heavy atom. The summed E-state index contributed by atoms with van der Waals surface area (Å²) in [6, 6.07) is 9.62. The zero-order chi connectivity index (χ0) is 18.9. The Kier molecular flexibility index (Phi) is 4.85. The maximum atomic E-state index is 13.1. The van der Waals surface area contributed by atoms with Crippen molar-refractivity contribution < 1.29 is 14.3 Å². The van der Waals surface area contributed by atoms with Crippen LogP contribution in [0.3, 0.4) is 0 Å². The third-order valence-corrected chi connectivity index (χ3v) is 4.43. The summed E-state index contributed by atoms with van der Waals surface area (Å²) >= 11 is 0. The van der Waals surface area contributed by atoms with Gasteiger partial charge in [-0.3, -0.25) is 9.78 Å². The number of pyridine rings is 1. The number of benzene rings is 1.